The Balaban J connectivity index is 0.000000713. The van der Waals surface area contributed by atoms with Crippen molar-refractivity contribution in [3.05, 3.63) is 0 Å². The van der Waals surface area contributed by atoms with E-state index in [9.17, 15) is 5.11 Å². The summed E-state index contributed by atoms with van der Waals surface area (Å²) in [7, 11) is 1.18. The van der Waals surface area contributed by atoms with Crippen LogP contribution in [0.3, 0.4) is 0 Å². The largest absolute Gasteiger partial charge is 0.393 e. The lowest BCUT2D eigenvalue weighted by atomic mass is 9.65. The van der Waals surface area contributed by atoms with Gasteiger partial charge in [-0.1, -0.05) is 33.6 Å². The molecular formula is C17H36O4. The van der Waals surface area contributed by atoms with Crippen molar-refractivity contribution in [3.8, 4) is 0 Å². The zero-order chi connectivity index (χ0) is 16.3. The van der Waals surface area contributed by atoms with Crippen LogP contribution in [0.25, 0.3) is 0 Å². The molecule has 0 aromatic heterocycles. The fourth-order valence-corrected chi connectivity index (χ4v) is 3.69. The van der Waals surface area contributed by atoms with Crippen molar-refractivity contribution in [2.45, 2.75) is 65.9 Å². The van der Waals surface area contributed by atoms with Gasteiger partial charge in [-0.3, -0.25) is 5.26 Å². The molecule has 2 rings (SSSR count). The molecule has 2 aliphatic rings. The highest BCUT2D eigenvalue weighted by Crippen LogP contribution is 2.43. The van der Waals surface area contributed by atoms with Crippen LogP contribution in [0.5, 0.6) is 0 Å². The number of ether oxygens (including phenoxy) is 1. The van der Waals surface area contributed by atoms with Gasteiger partial charge in [0.15, 0.2) is 0 Å². The summed E-state index contributed by atoms with van der Waals surface area (Å²) >= 11 is 0. The van der Waals surface area contributed by atoms with Crippen molar-refractivity contribution in [2.75, 3.05) is 20.3 Å². The summed E-state index contributed by atoms with van der Waals surface area (Å²) in [6.45, 7) is 10.2. The first kappa shape index (κ1) is 20.8. The summed E-state index contributed by atoms with van der Waals surface area (Å²) in [4.78, 5) is 3.25. The third kappa shape index (κ3) is 7.59. The van der Waals surface area contributed by atoms with E-state index in [-0.39, 0.29) is 6.10 Å². The van der Waals surface area contributed by atoms with E-state index >= 15 is 0 Å². The maximum absolute atomic E-state index is 9.40. The van der Waals surface area contributed by atoms with Crippen LogP contribution in [0.2, 0.25) is 0 Å². The third-order valence-electron chi connectivity index (χ3n) is 4.64. The Bertz CT molecular complexity index is 233. The molecule has 0 spiro atoms. The second-order valence-electron chi connectivity index (χ2n) is 6.14. The molecule has 0 aromatic carbocycles. The minimum Gasteiger partial charge on any atom is -0.393 e. The van der Waals surface area contributed by atoms with Crippen LogP contribution in [-0.4, -0.2) is 36.8 Å². The molecule has 4 nitrogen and oxygen atoms in total. The topological polar surface area (TPSA) is 58.9 Å². The van der Waals surface area contributed by atoms with Crippen LogP contribution in [0.4, 0.5) is 0 Å². The van der Waals surface area contributed by atoms with E-state index in [2.05, 4.69) is 11.8 Å². The second-order valence-corrected chi connectivity index (χ2v) is 6.14. The van der Waals surface area contributed by atoms with Crippen molar-refractivity contribution in [2.24, 2.45) is 23.7 Å². The van der Waals surface area contributed by atoms with Crippen LogP contribution >= 0.6 is 0 Å². The number of hydrogen-bond donors (Lipinski definition) is 2. The molecule has 128 valence electrons. The number of fused-ring (bicyclic) bond motifs is 1. The van der Waals surface area contributed by atoms with Crippen LogP contribution in [0.1, 0.15) is 59.8 Å². The predicted molar refractivity (Wildman–Crippen MR) is 86.2 cm³/mol. The molecule has 1 heterocycles. The highest BCUT2D eigenvalue weighted by atomic mass is 17.1. The predicted octanol–water partition coefficient (Wildman–Crippen LogP) is 3.98. The lowest BCUT2D eigenvalue weighted by Crippen LogP contribution is -2.41. The van der Waals surface area contributed by atoms with Gasteiger partial charge in [0, 0.05) is 13.2 Å². The molecule has 1 saturated carbocycles. The van der Waals surface area contributed by atoms with Gasteiger partial charge in [-0.05, 0) is 49.9 Å². The zero-order valence-corrected chi connectivity index (χ0v) is 14.5. The van der Waals surface area contributed by atoms with Crippen molar-refractivity contribution >= 4 is 0 Å². The lowest BCUT2D eigenvalue weighted by Gasteiger charge is -2.44. The Kier molecular flexibility index (Phi) is 12.3. The van der Waals surface area contributed by atoms with Crippen molar-refractivity contribution in [3.63, 3.8) is 0 Å². The van der Waals surface area contributed by atoms with Gasteiger partial charge >= 0.3 is 0 Å². The number of aliphatic hydroxyl groups is 1. The minimum absolute atomic E-state index is 0.137. The van der Waals surface area contributed by atoms with Crippen molar-refractivity contribution in [1.82, 2.24) is 0 Å². The van der Waals surface area contributed by atoms with Crippen LogP contribution in [0.15, 0.2) is 0 Å². The Morgan fingerprint density at radius 1 is 1.19 bits per heavy atom. The van der Waals surface area contributed by atoms with E-state index in [0.717, 1.165) is 43.3 Å². The second kappa shape index (κ2) is 12.4. The van der Waals surface area contributed by atoms with Crippen LogP contribution in [0, 0.1) is 23.7 Å². The average molecular weight is 304 g/mol. The van der Waals surface area contributed by atoms with E-state index in [1.165, 1.54) is 32.8 Å². The van der Waals surface area contributed by atoms with Gasteiger partial charge in [0.2, 0.25) is 0 Å². The fourth-order valence-electron chi connectivity index (χ4n) is 3.69. The first-order valence-electron chi connectivity index (χ1n) is 8.53. The first-order chi connectivity index (χ1) is 10.1. The molecule has 0 aromatic rings. The van der Waals surface area contributed by atoms with Gasteiger partial charge in [0.25, 0.3) is 0 Å². The molecule has 4 heteroatoms. The molecule has 2 fully saturated rings. The number of aliphatic hydroxyl groups excluding tert-OH is 1. The maximum atomic E-state index is 9.40. The van der Waals surface area contributed by atoms with Gasteiger partial charge in [0.1, 0.15) is 0 Å². The average Bonchev–Trinajstić information content (AvgIpc) is 2.48. The molecule has 1 saturated heterocycles. The Morgan fingerprint density at radius 2 is 1.81 bits per heavy atom. The Morgan fingerprint density at radius 3 is 2.38 bits per heavy atom. The molecule has 0 bridgehead atoms. The van der Waals surface area contributed by atoms with Gasteiger partial charge in [0.05, 0.1) is 13.2 Å². The maximum Gasteiger partial charge on any atom is 0.0710 e. The Hall–Kier alpha value is -0.160. The zero-order valence-electron chi connectivity index (χ0n) is 14.5. The number of rotatable bonds is 3. The molecule has 1 aliphatic heterocycles. The summed E-state index contributed by atoms with van der Waals surface area (Å²) in [5, 5.41) is 16.5. The van der Waals surface area contributed by atoms with E-state index in [4.69, 9.17) is 9.99 Å². The molecule has 0 amide bonds. The smallest absolute Gasteiger partial charge is 0.0710 e. The Labute approximate surface area is 130 Å². The van der Waals surface area contributed by atoms with Crippen LogP contribution in [-0.2, 0) is 9.62 Å². The van der Waals surface area contributed by atoms with Crippen molar-refractivity contribution in [1.29, 1.82) is 0 Å². The highest BCUT2D eigenvalue weighted by Gasteiger charge is 2.38. The third-order valence-corrected chi connectivity index (χ3v) is 4.64. The molecule has 0 radical (unpaired) electrons. The quantitative estimate of drug-likeness (QED) is 0.611. The highest BCUT2D eigenvalue weighted by molar-refractivity contribution is 4.87. The summed E-state index contributed by atoms with van der Waals surface area (Å²) in [6, 6.07) is 0. The van der Waals surface area contributed by atoms with E-state index < -0.39 is 0 Å². The first-order valence-corrected chi connectivity index (χ1v) is 8.53. The normalized spacial score (nSPS) is 32.7. The summed E-state index contributed by atoms with van der Waals surface area (Å²) in [5.74, 6) is 3.21. The van der Waals surface area contributed by atoms with Crippen molar-refractivity contribution < 1.29 is 20.0 Å². The number of hydrogen-bond acceptors (Lipinski definition) is 4. The van der Waals surface area contributed by atoms with E-state index in [1.54, 1.807) is 0 Å². The van der Waals surface area contributed by atoms with Gasteiger partial charge in [-0.15, -0.1) is 0 Å². The fraction of sp³-hybridized carbons (Fsp3) is 1.00. The SMILES string of the molecule is CC.CC(O)CCC1CCCC2C(C)COCC12.COO. The van der Waals surface area contributed by atoms with E-state index in [0.29, 0.717) is 0 Å². The van der Waals surface area contributed by atoms with Crippen LogP contribution < -0.4 is 0 Å². The minimum atomic E-state index is -0.137. The molecule has 1 aliphatic carbocycles. The molecule has 21 heavy (non-hydrogen) atoms. The molecule has 5 atom stereocenters. The summed E-state index contributed by atoms with van der Waals surface area (Å²) in [6.07, 6.45) is 6.15. The van der Waals surface area contributed by atoms with Gasteiger partial charge in [-0.25, -0.2) is 4.89 Å². The molecular weight excluding hydrogens is 268 g/mol. The summed E-state index contributed by atoms with van der Waals surface area (Å²) in [5.41, 5.74) is 0. The molecule has 5 unspecified atom stereocenters. The van der Waals surface area contributed by atoms with E-state index in [1.807, 2.05) is 20.8 Å². The lowest BCUT2D eigenvalue weighted by molar-refractivity contribution is -0.214. The van der Waals surface area contributed by atoms with Gasteiger partial charge in [-0.2, -0.15) is 0 Å². The van der Waals surface area contributed by atoms with Gasteiger partial charge < -0.3 is 9.84 Å². The molecule has 2 N–H and O–H groups in total. The monoisotopic (exact) mass is 304 g/mol. The standard InChI is InChI=1S/C14H26O2.C2H6.CH4O2/c1-10-8-16-9-14-12(7-6-11(2)15)4-3-5-13(10)14;1-2;1-3-2/h10-15H,3-9H2,1-2H3;1-2H3;2H,1H3. The summed E-state index contributed by atoms with van der Waals surface area (Å²) < 4.78 is 5.73.